The molecule has 0 aliphatic carbocycles. The minimum atomic E-state index is -0.324. The number of ether oxygens (including phenoxy) is 2. The predicted molar refractivity (Wildman–Crippen MR) is 132 cm³/mol. The van der Waals surface area contributed by atoms with Crippen LogP contribution in [0.25, 0.3) is 0 Å². The van der Waals surface area contributed by atoms with Gasteiger partial charge in [-0.05, 0) is 67.6 Å². The van der Waals surface area contributed by atoms with Gasteiger partial charge in [0.1, 0.15) is 0 Å². The number of thioether (sulfide) groups is 1. The van der Waals surface area contributed by atoms with Gasteiger partial charge in [-0.3, -0.25) is 9.59 Å². The van der Waals surface area contributed by atoms with E-state index in [1.54, 1.807) is 31.4 Å². The molecule has 0 heterocycles. The van der Waals surface area contributed by atoms with E-state index in [0.29, 0.717) is 22.7 Å². The largest absolute Gasteiger partial charge is 0.493 e. The predicted octanol–water partition coefficient (Wildman–Crippen LogP) is 5.84. The van der Waals surface area contributed by atoms with Crippen LogP contribution in [0, 0.1) is 0 Å². The molecule has 1 atom stereocenters. The average Bonchev–Trinajstić information content (AvgIpc) is 2.80. The van der Waals surface area contributed by atoms with E-state index in [9.17, 15) is 9.59 Å². The molecule has 0 fully saturated rings. The van der Waals surface area contributed by atoms with Crippen LogP contribution in [0.3, 0.4) is 0 Å². The van der Waals surface area contributed by atoms with Gasteiger partial charge in [-0.2, -0.15) is 0 Å². The van der Waals surface area contributed by atoms with E-state index in [1.807, 2.05) is 49.4 Å². The van der Waals surface area contributed by atoms with Crippen LogP contribution < -0.4 is 20.1 Å². The van der Waals surface area contributed by atoms with Gasteiger partial charge in [0.15, 0.2) is 11.5 Å². The van der Waals surface area contributed by atoms with Crippen molar-refractivity contribution in [1.29, 1.82) is 0 Å². The Balaban J connectivity index is 1.64. The Labute approximate surface area is 199 Å². The van der Waals surface area contributed by atoms with Gasteiger partial charge in [0.25, 0.3) is 5.91 Å². The minimum Gasteiger partial charge on any atom is -0.493 e. The summed E-state index contributed by atoms with van der Waals surface area (Å²) in [5.41, 5.74) is 1.82. The number of halogens is 1. The number of hydrogen-bond donors (Lipinski definition) is 2. The number of amides is 2. The number of hydrogen-bond acceptors (Lipinski definition) is 5. The fourth-order valence-corrected chi connectivity index (χ4v) is 4.05. The van der Waals surface area contributed by atoms with E-state index >= 15 is 0 Å². The summed E-state index contributed by atoms with van der Waals surface area (Å²) in [4.78, 5) is 26.1. The summed E-state index contributed by atoms with van der Waals surface area (Å²) in [6.07, 6.45) is 0. The first-order valence-corrected chi connectivity index (χ1v) is 11.4. The van der Waals surface area contributed by atoms with Gasteiger partial charge in [-0.1, -0.05) is 22.0 Å². The summed E-state index contributed by atoms with van der Waals surface area (Å²) in [5.74, 6) is 0.666. The van der Waals surface area contributed by atoms with Crippen molar-refractivity contribution < 1.29 is 19.1 Å². The number of anilines is 2. The van der Waals surface area contributed by atoms with Crippen molar-refractivity contribution in [3.8, 4) is 11.5 Å². The quantitative estimate of drug-likeness (QED) is 0.369. The molecule has 32 heavy (non-hydrogen) atoms. The van der Waals surface area contributed by atoms with Crippen LogP contribution in [0.15, 0.2) is 76.1 Å². The Morgan fingerprint density at radius 2 is 1.59 bits per heavy atom. The number of nitrogens with one attached hydrogen (secondary N) is 2. The molecule has 0 aromatic heterocycles. The van der Waals surface area contributed by atoms with E-state index in [2.05, 4.69) is 26.6 Å². The molecular formula is C24H23BrN2O4S. The lowest BCUT2D eigenvalue weighted by molar-refractivity contribution is -0.115. The molecule has 8 heteroatoms. The molecule has 1 unspecified atom stereocenters. The zero-order chi connectivity index (χ0) is 23.1. The fraction of sp³-hybridized carbons (Fsp3) is 0.167. The van der Waals surface area contributed by atoms with E-state index in [0.717, 1.165) is 15.1 Å². The lowest BCUT2D eigenvalue weighted by Gasteiger charge is -2.13. The second kappa shape index (κ2) is 11.1. The molecule has 0 saturated heterocycles. The number of carbonyl (C=O) groups is 2. The Morgan fingerprint density at radius 1 is 0.875 bits per heavy atom. The second-order valence-corrected chi connectivity index (χ2v) is 9.14. The molecule has 6 nitrogen and oxygen atoms in total. The highest BCUT2D eigenvalue weighted by atomic mass is 79.9. The monoisotopic (exact) mass is 514 g/mol. The third-order valence-electron chi connectivity index (χ3n) is 4.53. The van der Waals surface area contributed by atoms with Gasteiger partial charge in [0.05, 0.1) is 19.5 Å². The van der Waals surface area contributed by atoms with Crippen LogP contribution >= 0.6 is 27.7 Å². The SMILES string of the molecule is COc1ccc(C(=O)Nc2cccc(SC(C)C(=O)Nc3ccc(Br)cc3)c2)cc1OC. The van der Waals surface area contributed by atoms with Crippen molar-refractivity contribution in [2.45, 2.75) is 17.1 Å². The molecule has 0 radical (unpaired) electrons. The maximum Gasteiger partial charge on any atom is 0.255 e. The molecule has 3 rings (SSSR count). The van der Waals surface area contributed by atoms with Crippen molar-refractivity contribution in [3.63, 3.8) is 0 Å². The van der Waals surface area contributed by atoms with Gasteiger partial charge in [-0.25, -0.2) is 0 Å². The smallest absolute Gasteiger partial charge is 0.255 e. The number of carbonyl (C=O) groups excluding carboxylic acids is 2. The summed E-state index contributed by atoms with van der Waals surface area (Å²) in [6, 6.07) is 19.8. The maximum absolute atomic E-state index is 12.7. The average molecular weight is 515 g/mol. The highest BCUT2D eigenvalue weighted by Gasteiger charge is 2.16. The van der Waals surface area contributed by atoms with Crippen LogP contribution in [0.4, 0.5) is 11.4 Å². The molecule has 3 aromatic carbocycles. The molecule has 0 spiro atoms. The molecule has 166 valence electrons. The van der Waals surface area contributed by atoms with Gasteiger partial charge < -0.3 is 20.1 Å². The number of methoxy groups -OCH3 is 2. The zero-order valence-electron chi connectivity index (χ0n) is 17.8. The molecule has 3 aromatic rings. The molecule has 0 aliphatic heterocycles. The second-order valence-electron chi connectivity index (χ2n) is 6.81. The van der Waals surface area contributed by atoms with E-state index in [1.165, 1.54) is 18.9 Å². The lowest BCUT2D eigenvalue weighted by atomic mass is 10.2. The summed E-state index contributed by atoms with van der Waals surface area (Å²) in [7, 11) is 3.06. The van der Waals surface area contributed by atoms with Crippen molar-refractivity contribution in [2.75, 3.05) is 24.9 Å². The molecule has 2 amide bonds. The van der Waals surface area contributed by atoms with Crippen LogP contribution in [0.2, 0.25) is 0 Å². The van der Waals surface area contributed by atoms with E-state index in [-0.39, 0.29) is 17.1 Å². The van der Waals surface area contributed by atoms with Crippen LogP contribution in [0.5, 0.6) is 11.5 Å². The summed E-state index contributed by atoms with van der Waals surface area (Å²) in [5, 5.41) is 5.46. The van der Waals surface area contributed by atoms with Crippen LogP contribution in [-0.4, -0.2) is 31.3 Å². The molecule has 2 N–H and O–H groups in total. The normalized spacial score (nSPS) is 11.4. The highest BCUT2D eigenvalue weighted by molar-refractivity contribution is 9.10. The van der Waals surface area contributed by atoms with Gasteiger partial charge >= 0.3 is 0 Å². The number of benzene rings is 3. The Hall–Kier alpha value is -2.97. The molecular weight excluding hydrogens is 492 g/mol. The Morgan fingerprint density at radius 3 is 2.28 bits per heavy atom. The standard InChI is InChI=1S/C24H23BrN2O4S/c1-15(23(28)26-18-10-8-17(25)9-11-18)32-20-6-4-5-19(14-20)27-24(29)16-7-12-21(30-2)22(13-16)31-3/h4-15H,1-3H3,(H,26,28)(H,27,29). The topological polar surface area (TPSA) is 76.7 Å². The zero-order valence-corrected chi connectivity index (χ0v) is 20.2. The van der Waals surface area contributed by atoms with Crippen molar-refractivity contribution >= 4 is 50.9 Å². The van der Waals surface area contributed by atoms with Crippen LogP contribution in [-0.2, 0) is 4.79 Å². The van der Waals surface area contributed by atoms with E-state index in [4.69, 9.17) is 9.47 Å². The van der Waals surface area contributed by atoms with Crippen molar-refractivity contribution in [2.24, 2.45) is 0 Å². The minimum absolute atomic E-state index is 0.0999. The third kappa shape index (κ3) is 6.27. The van der Waals surface area contributed by atoms with Crippen molar-refractivity contribution in [3.05, 3.63) is 76.8 Å². The molecule has 0 saturated carbocycles. The highest BCUT2D eigenvalue weighted by Crippen LogP contribution is 2.29. The van der Waals surface area contributed by atoms with E-state index < -0.39 is 0 Å². The van der Waals surface area contributed by atoms with Gasteiger partial charge in [0.2, 0.25) is 5.91 Å². The number of rotatable bonds is 8. The molecule has 0 aliphatic rings. The summed E-state index contributed by atoms with van der Waals surface area (Å²) >= 11 is 4.79. The Bertz CT molecular complexity index is 1110. The van der Waals surface area contributed by atoms with Crippen molar-refractivity contribution in [1.82, 2.24) is 0 Å². The molecule has 0 bridgehead atoms. The van der Waals surface area contributed by atoms with Gasteiger partial charge in [-0.15, -0.1) is 11.8 Å². The lowest BCUT2D eigenvalue weighted by Crippen LogP contribution is -2.22. The van der Waals surface area contributed by atoms with Gasteiger partial charge in [0, 0.05) is 26.3 Å². The fourth-order valence-electron chi connectivity index (χ4n) is 2.86. The third-order valence-corrected chi connectivity index (χ3v) is 6.15. The van der Waals surface area contributed by atoms with Crippen LogP contribution in [0.1, 0.15) is 17.3 Å². The maximum atomic E-state index is 12.7. The Kier molecular flexibility index (Phi) is 8.19. The first-order valence-electron chi connectivity index (χ1n) is 9.76. The first-order chi connectivity index (χ1) is 15.4. The first kappa shape index (κ1) is 23.7. The summed E-state index contributed by atoms with van der Waals surface area (Å²) in [6.45, 7) is 1.84. The summed E-state index contributed by atoms with van der Waals surface area (Å²) < 4.78 is 11.4.